The van der Waals surface area contributed by atoms with Gasteiger partial charge in [-0.25, -0.2) is 4.57 Å². The number of phosphoric acid groups is 1. The Bertz CT molecular complexity index is 1230. The lowest BCUT2D eigenvalue weighted by molar-refractivity contribution is -0.870. The second-order valence-corrected chi connectivity index (χ2v) is 23.5. The Kier molecular flexibility index (Phi) is 51.6. The average molecular weight is 1010 g/mol. The molecule has 0 heterocycles. The van der Waals surface area contributed by atoms with Gasteiger partial charge in [-0.2, -0.15) is 0 Å². The predicted octanol–water partition coefficient (Wildman–Crippen LogP) is 18.5. The van der Waals surface area contributed by atoms with Crippen LogP contribution in [0.1, 0.15) is 296 Å². The number of allylic oxidation sites excluding steroid dienone is 5. The van der Waals surface area contributed by atoms with Gasteiger partial charge in [0.15, 0.2) is 0 Å². The first-order chi connectivity index (χ1) is 34.0. The minimum absolute atomic E-state index is 0.0574. The third kappa shape index (κ3) is 54.5. The van der Waals surface area contributed by atoms with Crippen LogP contribution in [0.3, 0.4) is 0 Å². The number of hydrogen-bond donors (Lipinski definition) is 3. The monoisotopic (exact) mass is 1010 g/mol. The zero-order chi connectivity index (χ0) is 51.3. The lowest BCUT2D eigenvalue weighted by atomic mass is 10.0. The molecule has 0 aliphatic rings. The number of aliphatic hydroxyl groups excluding tert-OH is 1. The normalized spacial score (nSPS) is 14.1. The van der Waals surface area contributed by atoms with Crippen LogP contribution in [0.15, 0.2) is 36.5 Å². The number of hydrogen-bond acceptors (Lipinski definition) is 5. The number of unbranched alkanes of at least 4 members (excludes halogenated alkanes) is 39. The summed E-state index contributed by atoms with van der Waals surface area (Å²) in [5.41, 5.74) is 0. The number of carbonyl (C=O) groups is 1. The van der Waals surface area contributed by atoms with Crippen LogP contribution in [0.2, 0.25) is 0 Å². The van der Waals surface area contributed by atoms with Crippen molar-refractivity contribution in [2.45, 2.75) is 309 Å². The summed E-state index contributed by atoms with van der Waals surface area (Å²) < 4.78 is 23.7. The Morgan fingerprint density at radius 2 is 0.786 bits per heavy atom. The van der Waals surface area contributed by atoms with Gasteiger partial charge in [-0.1, -0.05) is 269 Å². The van der Waals surface area contributed by atoms with Crippen LogP contribution in [0, 0.1) is 0 Å². The average Bonchev–Trinajstić information content (AvgIpc) is 3.32. The summed E-state index contributed by atoms with van der Waals surface area (Å²) in [6.07, 6.45) is 68.4. The van der Waals surface area contributed by atoms with Gasteiger partial charge in [0.05, 0.1) is 39.9 Å². The molecule has 0 aromatic heterocycles. The first-order valence-electron chi connectivity index (χ1n) is 30.4. The molecule has 70 heavy (non-hydrogen) atoms. The molecule has 9 heteroatoms. The summed E-state index contributed by atoms with van der Waals surface area (Å²) in [6.45, 7) is 4.83. The molecule has 0 aromatic rings. The number of aliphatic hydroxyl groups is 1. The first-order valence-corrected chi connectivity index (χ1v) is 31.9. The van der Waals surface area contributed by atoms with E-state index in [1.165, 1.54) is 238 Å². The van der Waals surface area contributed by atoms with Crippen molar-refractivity contribution in [3.63, 3.8) is 0 Å². The number of quaternary nitrogens is 1. The molecule has 0 aromatic carbocycles. The summed E-state index contributed by atoms with van der Waals surface area (Å²) in [6, 6.07) is -0.862. The Morgan fingerprint density at radius 1 is 0.471 bits per heavy atom. The van der Waals surface area contributed by atoms with Crippen molar-refractivity contribution in [3.8, 4) is 0 Å². The van der Waals surface area contributed by atoms with Crippen LogP contribution in [-0.4, -0.2) is 73.4 Å². The van der Waals surface area contributed by atoms with Crippen molar-refractivity contribution in [1.29, 1.82) is 0 Å². The molecule has 1 amide bonds. The molecule has 3 atom stereocenters. The standard InChI is InChI=1S/C61H119N2O6P/c1-6-8-10-12-14-16-18-20-22-24-25-26-27-28-29-30-31-32-33-34-35-36-37-38-39-41-43-45-47-49-51-53-55-61(65)62-59(58-69-70(66,67)68-57-56-63(3,4)5)60(64)54-52-50-48-46-44-42-40-23-21-19-17-15-13-11-9-7-2/h28-29,44,46,52,54,59-60,64H,6-27,30-43,45,47-51,53,55-58H2,1-5H3,(H-,62,65,66,67)/p+1/b29-28-,46-44+,54-52+. The Labute approximate surface area is 436 Å². The van der Waals surface area contributed by atoms with Crippen molar-refractivity contribution in [3.05, 3.63) is 36.5 Å². The number of nitrogens with zero attached hydrogens (tertiary/aromatic N) is 1. The highest BCUT2D eigenvalue weighted by atomic mass is 31.2. The Balaban J connectivity index is 4.06. The molecule has 0 fully saturated rings. The van der Waals surface area contributed by atoms with E-state index in [2.05, 4.69) is 43.5 Å². The second kappa shape index (κ2) is 52.6. The molecule has 0 saturated heterocycles. The van der Waals surface area contributed by atoms with Gasteiger partial charge in [0, 0.05) is 6.42 Å². The van der Waals surface area contributed by atoms with Crippen molar-refractivity contribution in [2.75, 3.05) is 40.9 Å². The van der Waals surface area contributed by atoms with E-state index in [4.69, 9.17) is 9.05 Å². The largest absolute Gasteiger partial charge is 0.472 e. The van der Waals surface area contributed by atoms with E-state index in [0.29, 0.717) is 17.4 Å². The Morgan fingerprint density at radius 3 is 1.14 bits per heavy atom. The summed E-state index contributed by atoms with van der Waals surface area (Å²) in [7, 11) is 1.56. The molecule has 0 rings (SSSR count). The highest BCUT2D eigenvalue weighted by Crippen LogP contribution is 2.43. The number of carbonyl (C=O) groups excluding carboxylic acids is 1. The molecule has 0 saturated carbocycles. The fourth-order valence-electron chi connectivity index (χ4n) is 9.06. The fraction of sp³-hybridized carbons (Fsp3) is 0.885. The van der Waals surface area contributed by atoms with Crippen LogP contribution >= 0.6 is 7.82 Å². The molecule has 0 spiro atoms. The van der Waals surface area contributed by atoms with E-state index in [1.807, 2.05) is 27.2 Å². The SMILES string of the molecule is CCCCCCCCCCCC/C=C/CC/C=C/C(O)C(COP(=O)(O)OCC[N+](C)(C)C)NC(=O)CCCCCCCCCCCCCCCCCC/C=C\CCCCCCCCCCCCCC. The van der Waals surface area contributed by atoms with E-state index < -0.39 is 20.0 Å². The van der Waals surface area contributed by atoms with Crippen LogP contribution in [-0.2, 0) is 18.4 Å². The zero-order valence-electron chi connectivity index (χ0n) is 47.3. The highest BCUT2D eigenvalue weighted by Gasteiger charge is 2.27. The molecule has 0 radical (unpaired) electrons. The Hall–Kier alpha value is -1.28. The minimum Gasteiger partial charge on any atom is -0.387 e. The maximum absolute atomic E-state index is 13.0. The maximum atomic E-state index is 13.0. The van der Waals surface area contributed by atoms with Gasteiger partial charge < -0.3 is 19.8 Å². The molecular formula is C61H120N2O6P+. The van der Waals surface area contributed by atoms with Crippen LogP contribution in [0.25, 0.3) is 0 Å². The quantitative estimate of drug-likeness (QED) is 0.0243. The summed E-state index contributed by atoms with van der Waals surface area (Å²) >= 11 is 0. The number of rotatable bonds is 56. The van der Waals surface area contributed by atoms with Gasteiger partial charge in [0.25, 0.3) is 0 Å². The van der Waals surface area contributed by atoms with Crippen molar-refractivity contribution in [1.82, 2.24) is 5.32 Å². The minimum atomic E-state index is -4.35. The van der Waals surface area contributed by atoms with Gasteiger partial charge >= 0.3 is 7.82 Å². The summed E-state index contributed by atoms with van der Waals surface area (Å²) in [5.74, 6) is -0.183. The van der Waals surface area contributed by atoms with Gasteiger partial charge in [0.2, 0.25) is 5.91 Å². The van der Waals surface area contributed by atoms with Gasteiger partial charge in [-0.05, 0) is 57.8 Å². The van der Waals surface area contributed by atoms with E-state index >= 15 is 0 Å². The maximum Gasteiger partial charge on any atom is 0.472 e. The third-order valence-corrected chi connectivity index (χ3v) is 14.8. The van der Waals surface area contributed by atoms with E-state index in [1.54, 1.807) is 6.08 Å². The first kappa shape index (κ1) is 68.7. The molecule has 8 nitrogen and oxygen atoms in total. The second-order valence-electron chi connectivity index (χ2n) is 22.1. The van der Waals surface area contributed by atoms with Crippen LogP contribution in [0.5, 0.6) is 0 Å². The molecule has 3 unspecified atom stereocenters. The molecule has 0 bridgehead atoms. The van der Waals surface area contributed by atoms with Crippen LogP contribution < -0.4 is 5.32 Å². The van der Waals surface area contributed by atoms with E-state index in [-0.39, 0.29) is 19.1 Å². The van der Waals surface area contributed by atoms with Crippen molar-refractivity contribution >= 4 is 13.7 Å². The van der Waals surface area contributed by atoms with Gasteiger partial charge in [0.1, 0.15) is 13.2 Å². The predicted molar refractivity (Wildman–Crippen MR) is 304 cm³/mol. The summed E-state index contributed by atoms with van der Waals surface area (Å²) in [5, 5.41) is 13.9. The lowest BCUT2D eigenvalue weighted by Gasteiger charge is -2.25. The van der Waals surface area contributed by atoms with Gasteiger partial charge in [-0.15, -0.1) is 0 Å². The van der Waals surface area contributed by atoms with Gasteiger partial charge in [-0.3, -0.25) is 13.8 Å². The zero-order valence-corrected chi connectivity index (χ0v) is 48.2. The third-order valence-electron chi connectivity index (χ3n) is 13.8. The lowest BCUT2D eigenvalue weighted by Crippen LogP contribution is -2.45. The smallest absolute Gasteiger partial charge is 0.387 e. The number of phosphoric ester groups is 1. The van der Waals surface area contributed by atoms with E-state index in [0.717, 1.165) is 38.5 Å². The highest BCUT2D eigenvalue weighted by molar-refractivity contribution is 7.47. The van der Waals surface area contributed by atoms with Crippen LogP contribution in [0.4, 0.5) is 0 Å². The molecule has 0 aliphatic carbocycles. The molecule has 0 aliphatic heterocycles. The number of likely N-dealkylation sites (N-methyl/N-ethyl adjacent to an activating group) is 1. The molecular weight excluding hydrogens is 888 g/mol. The molecule has 3 N–H and O–H groups in total. The number of amides is 1. The fourth-order valence-corrected chi connectivity index (χ4v) is 9.79. The van der Waals surface area contributed by atoms with Crippen molar-refractivity contribution < 1.29 is 32.9 Å². The van der Waals surface area contributed by atoms with E-state index in [9.17, 15) is 19.4 Å². The topological polar surface area (TPSA) is 105 Å². The number of nitrogens with one attached hydrogen (secondary N) is 1. The summed E-state index contributed by atoms with van der Waals surface area (Å²) in [4.78, 5) is 23.3. The van der Waals surface area contributed by atoms with Crippen molar-refractivity contribution in [2.24, 2.45) is 0 Å². The molecule has 414 valence electrons.